The number of anilines is 1. The molecule has 3 rings (SSSR count). The zero-order valence-electron chi connectivity index (χ0n) is 15.7. The molecule has 0 spiro atoms. The zero-order chi connectivity index (χ0) is 20.1. The average Bonchev–Trinajstić information content (AvgIpc) is 2.65. The van der Waals surface area contributed by atoms with Crippen molar-refractivity contribution in [3.8, 4) is 0 Å². The molecule has 1 aliphatic rings. The quantitative estimate of drug-likeness (QED) is 0.815. The fourth-order valence-corrected chi connectivity index (χ4v) is 3.24. The number of halogens is 1. The van der Waals surface area contributed by atoms with Crippen LogP contribution < -0.4 is 16.2 Å². The molecule has 1 fully saturated rings. The highest BCUT2D eigenvalue weighted by atomic mass is 19.1. The van der Waals surface area contributed by atoms with Gasteiger partial charge in [0.1, 0.15) is 12.4 Å². The van der Waals surface area contributed by atoms with Gasteiger partial charge in [0, 0.05) is 30.5 Å². The summed E-state index contributed by atoms with van der Waals surface area (Å²) in [7, 11) is 2.01. The number of nitrogens with zero attached hydrogens (tertiary/aromatic N) is 2. The van der Waals surface area contributed by atoms with Crippen LogP contribution in [-0.2, 0) is 11.3 Å². The van der Waals surface area contributed by atoms with Gasteiger partial charge in [-0.25, -0.2) is 4.39 Å². The maximum Gasteiger partial charge on any atom is 0.257 e. The summed E-state index contributed by atoms with van der Waals surface area (Å²) in [5.74, 6) is -1.12. The maximum atomic E-state index is 13.0. The summed E-state index contributed by atoms with van der Waals surface area (Å²) in [6, 6.07) is 8.07. The number of nitrogens with one attached hydrogen (secondary N) is 2. The molecule has 148 valence electrons. The SMILES string of the molecule is CN1CCCC(NC(=O)Cn2cc(C(=O)Nc3ccc(F)cc3)ccc2=O)C1. The molecule has 7 nitrogen and oxygen atoms in total. The highest BCUT2D eigenvalue weighted by molar-refractivity contribution is 6.04. The van der Waals surface area contributed by atoms with Crippen LogP contribution in [0.25, 0.3) is 0 Å². The molecular weight excluding hydrogens is 363 g/mol. The molecule has 1 atom stereocenters. The van der Waals surface area contributed by atoms with Crippen LogP contribution >= 0.6 is 0 Å². The van der Waals surface area contributed by atoms with E-state index in [4.69, 9.17) is 0 Å². The van der Waals surface area contributed by atoms with E-state index in [2.05, 4.69) is 15.5 Å². The molecular formula is C20H23FN4O3. The maximum absolute atomic E-state index is 13.0. The van der Waals surface area contributed by atoms with Crippen LogP contribution in [-0.4, -0.2) is 47.5 Å². The molecule has 1 saturated heterocycles. The summed E-state index contributed by atoms with van der Waals surface area (Å²) in [5.41, 5.74) is 0.298. The van der Waals surface area contributed by atoms with Crippen LogP contribution in [0.2, 0.25) is 0 Å². The summed E-state index contributed by atoms with van der Waals surface area (Å²) in [6.07, 6.45) is 3.28. The average molecular weight is 386 g/mol. The zero-order valence-corrected chi connectivity index (χ0v) is 15.7. The van der Waals surface area contributed by atoms with E-state index in [9.17, 15) is 18.8 Å². The fourth-order valence-electron chi connectivity index (χ4n) is 3.24. The van der Waals surface area contributed by atoms with E-state index in [0.29, 0.717) is 5.69 Å². The first-order valence-electron chi connectivity index (χ1n) is 9.16. The number of likely N-dealkylation sites (tertiary alicyclic amines) is 1. The molecule has 2 N–H and O–H groups in total. The highest BCUT2D eigenvalue weighted by Crippen LogP contribution is 2.10. The number of aromatic nitrogens is 1. The van der Waals surface area contributed by atoms with Gasteiger partial charge in [0.15, 0.2) is 0 Å². The summed E-state index contributed by atoms with van der Waals surface area (Å²) >= 11 is 0. The molecule has 1 aliphatic heterocycles. The third-order valence-corrected chi connectivity index (χ3v) is 4.65. The Kier molecular flexibility index (Phi) is 6.20. The standard InChI is InChI=1S/C20H23FN4O3/c1-24-10-2-3-17(12-24)22-18(26)13-25-11-14(4-9-19(25)27)20(28)23-16-7-5-15(21)6-8-16/h4-9,11,17H,2-3,10,12-13H2,1H3,(H,22,26)(H,23,28). The van der Waals surface area contributed by atoms with Gasteiger partial charge in [-0.3, -0.25) is 14.4 Å². The summed E-state index contributed by atoms with van der Waals surface area (Å²) in [6.45, 7) is 1.63. The minimum Gasteiger partial charge on any atom is -0.351 e. The van der Waals surface area contributed by atoms with Crippen LogP contribution in [0.3, 0.4) is 0 Å². The Bertz CT molecular complexity index is 910. The monoisotopic (exact) mass is 386 g/mol. The van der Waals surface area contributed by atoms with Crippen LogP contribution in [0.15, 0.2) is 47.4 Å². The molecule has 0 aliphatic carbocycles. The van der Waals surface area contributed by atoms with Crippen molar-refractivity contribution in [3.63, 3.8) is 0 Å². The van der Waals surface area contributed by atoms with Gasteiger partial charge in [-0.05, 0) is 56.8 Å². The lowest BCUT2D eigenvalue weighted by atomic mass is 10.1. The molecule has 0 radical (unpaired) electrons. The van der Waals surface area contributed by atoms with Crippen molar-refractivity contribution in [1.82, 2.24) is 14.8 Å². The molecule has 0 saturated carbocycles. The number of hydrogen-bond acceptors (Lipinski definition) is 4. The van der Waals surface area contributed by atoms with Gasteiger partial charge in [0.2, 0.25) is 5.91 Å². The van der Waals surface area contributed by atoms with Crippen molar-refractivity contribution >= 4 is 17.5 Å². The molecule has 1 unspecified atom stereocenters. The molecule has 8 heteroatoms. The van der Waals surface area contributed by atoms with E-state index in [0.717, 1.165) is 25.9 Å². The van der Waals surface area contributed by atoms with Crippen molar-refractivity contribution in [1.29, 1.82) is 0 Å². The second kappa shape index (κ2) is 8.79. The Labute approximate surface area is 162 Å². The number of likely N-dealkylation sites (N-methyl/N-ethyl adjacent to an activating group) is 1. The van der Waals surface area contributed by atoms with E-state index < -0.39 is 11.7 Å². The number of piperidine rings is 1. The second-order valence-corrected chi connectivity index (χ2v) is 7.01. The number of rotatable bonds is 5. The van der Waals surface area contributed by atoms with Crippen molar-refractivity contribution in [3.05, 3.63) is 64.3 Å². The van der Waals surface area contributed by atoms with Gasteiger partial charge < -0.3 is 20.1 Å². The van der Waals surface area contributed by atoms with Gasteiger partial charge in [-0.15, -0.1) is 0 Å². The van der Waals surface area contributed by atoms with Crippen molar-refractivity contribution < 1.29 is 14.0 Å². The topological polar surface area (TPSA) is 83.4 Å². The summed E-state index contributed by atoms with van der Waals surface area (Å²) < 4.78 is 14.2. The molecule has 1 aromatic carbocycles. The minimum absolute atomic E-state index is 0.0620. The normalized spacial score (nSPS) is 17.1. The summed E-state index contributed by atoms with van der Waals surface area (Å²) in [4.78, 5) is 38.9. The Morgan fingerprint density at radius 3 is 2.64 bits per heavy atom. The molecule has 2 aromatic rings. The molecule has 28 heavy (non-hydrogen) atoms. The van der Waals surface area contributed by atoms with Gasteiger partial charge in [0.25, 0.3) is 11.5 Å². The molecule has 1 aromatic heterocycles. The van der Waals surface area contributed by atoms with Gasteiger partial charge in [-0.2, -0.15) is 0 Å². The Morgan fingerprint density at radius 1 is 1.18 bits per heavy atom. The van der Waals surface area contributed by atoms with Gasteiger partial charge in [0.05, 0.1) is 5.56 Å². The van der Waals surface area contributed by atoms with Crippen molar-refractivity contribution in [2.75, 3.05) is 25.5 Å². The third-order valence-electron chi connectivity index (χ3n) is 4.65. The number of pyridine rings is 1. The predicted octanol–water partition coefficient (Wildman–Crippen LogP) is 1.45. The lowest BCUT2D eigenvalue weighted by Crippen LogP contribution is -2.47. The van der Waals surface area contributed by atoms with E-state index in [1.54, 1.807) is 0 Å². The first-order valence-corrected chi connectivity index (χ1v) is 9.16. The van der Waals surface area contributed by atoms with E-state index in [1.807, 2.05) is 7.05 Å². The second-order valence-electron chi connectivity index (χ2n) is 7.01. The van der Waals surface area contributed by atoms with Gasteiger partial charge >= 0.3 is 0 Å². The lowest BCUT2D eigenvalue weighted by molar-refractivity contribution is -0.122. The van der Waals surface area contributed by atoms with Crippen molar-refractivity contribution in [2.45, 2.75) is 25.4 Å². The van der Waals surface area contributed by atoms with E-state index in [-0.39, 0.29) is 29.6 Å². The smallest absolute Gasteiger partial charge is 0.257 e. The molecule has 0 bridgehead atoms. The van der Waals surface area contributed by atoms with Crippen LogP contribution in [0, 0.1) is 5.82 Å². The number of hydrogen-bond donors (Lipinski definition) is 2. The molecule has 2 amide bonds. The first-order chi connectivity index (χ1) is 13.4. The molecule has 2 heterocycles. The van der Waals surface area contributed by atoms with Crippen LogP contribution in [0.1, 0.15) is 23.2 Å². The largest absolute Gasteiger partial charge is 0.351 e. The highest BCUT2D eigenvalue weighted by Gasteiger charge is 2.19. The van der Waals surface area contributed by atoms with Crippen molar-refractivity contribution in [2.24, 2.45) is 0 Å². The van der Waals surface area contributed by atoms with Gasteiger partial charge in [-0.1, -0.05) is 0 Å². The Balaban J connectivity index is 1.65. The number of carbonyl (C=O) groups is 2. The van der Waals surface area contributed by atoms with Crippen LogP contribution in [0.5, 0.6) is 0 Å². The number of amides is 2. The Morgan fingerprint density at radius 2 is 1.93 bits per heavy atom. The van der Waals surface area contributed by atoms with E-state index in [1.165, 1.54) is 47.2 Å². The summed E-state index contributed by atoms with van der Waals surface area (Å²) in [5, 5.41) is 5.57. The fraction of sp³-hybridized carbons (Fsp3) is 0.350. The third kappa shape index (κ3) is 5.26. The lowest BCUT2D eigenvalue weighted by Gasteiger charge is -2.30. The van der Waals surface area contributed by atoms with Crippen LogP contribution in [0.4, 0.5) is 10.1 Å². The number of benzene rings is 1. The first kappa shape index (κ1) is 19.8. The predicted molar refractivity (Wildman–Crippen MR) is 104 cm³/mol. The van der Waals surface area contributed by atoms with E-state index >= 15 is 0 Å². The minimum atomic E-state index is -0.449. The Hall–Kier alpha value is -3.00. The number of carbonyl (C=O) groups excluding carboxylic acids is 2.